The Hall–Kier alpha value is -15.6. The van der Waals surface area contributed by atoms with Crippen molar-refractivity contribution in [3.8, 4) is 123 Å². The average molecular weight is 1580 g/mol. The van der Waals surface area contributed by atoms with Crippen molar-refractivity contribution in [1.82, 2.24) is 9.13 Å². The molecule has 0 saturated carbocycles. The van der Waals surface area contributed by atoms with Crippen LogP contribution in [0.25, 0.3) is 166 Å². The highest BCUT2D eigenvalue weighted by Crippen LogP contribution is 2.57. The third-order valence-electron chi connectivity index (χ3n) is 24.5. The fourth-order valence-corrected chi connectivity index (χ4v) is 18.7. The van der Waals surface area contributed by atoms with Gasteiger partial charge in [-0.2, -0.15) is 0 Å². The first-order valence-corrected chi connectivity index (χ1v) is 41.5. The predicted octanol–water partition coefficient (Wildman–Crippen LogP) is 29.9. The number of benzene rings is 19. The van der Waals surface area contributed by atoms with E-state index >= 15 is 0 Å². The topological polar surface area (TPSA) is 16.3 Å². The number of hydrogen-bond acceptors (Lipinski definition) is 2. The lowest BCUT2D eigenvalue weighted by atomic mass is 9.33. The van der Waals surface area contributed by atoms with Crippen LogP contribution in [-0.4, -0.2) is 15.8 Å². The molecule has 0 aliphatic carbocycles. The minimum Gasteiger partial charge on any atom is -0.310 e. The van der Waals surface area contributed by atoms with E-state index in [9.17, 15) is 21.9 Å². The van der Waals surface area contributed by atoms with Crippen molar-refractivity contribution in [2.75, 3.05) is 9.80 Å². The van der Waals surface area contributed by atoms with Gasteiger partial charge in [-0.1, -0.05) is 366 Å². The van der Waals surface area contributed by atoms with Crippen LogP contribution in [0.2, 0.25) is 0 Å². The fraction of sp³-hybridized carbons (Fsp3) is 0.0339. The second-order valence-electron chi connectivity index (χ2n) is 32.7. The Morgan fingerprint density at radius 2 is 0.480 bits per heavy atom. The molecule has 0 fully saturated rings. The largest absolute Gasteiger partial charge is 0.310 e. The molecule has 0 unspecified atom stereocenters. The van der Waals surface area contributed by atoms with Crippen LogP contribution < -0.4 is 26.2 Å². The maximum absolute atomic E-state index is 10.1. The molecule has 4 nitrogen and oxygen atoms in total. The summed E-state index contributed by atoms with van der Waals surface area (Å²) in [6.45, 7) is 5.78. The average Bonchev–Trinajstić information content (AvgIpc) is 1.35. The molecule has 0 atom stereocenters. The Morgan fingerprint density at radius 3 is 0.805 bits per heavy atom. The molecule has 5 heteroatoms. The maximum atomic E-state index is 10.1. The summed E-state index contributed by atoms with van der Waals surface area (Å²) in [5.74, 6) is 0. The zero-order valence-electron chi connectivity index (χ0n) is 83.4. The second-order valence-corrected chi connectivity index (χ2v) is 32.7. The van der Waals surface area contributed by atoms with Crippen molar-refractivity contribution in [2.24, 2.45) is 0 Å². The van der Waals surface area contributed by atoms with E-state index in [0.29, 0.717) is 45.0 Å². The van der Waals surface area contributed by atoms with E-state index in [4.69, 9.17) is 0 Å². The lowest BCUT2D eigenvalue weighted by Gasteiger charge is -2.46. The Kier molecular flexibility index (Phi) is 13.9. The highest BCUT2D eigenvalue weighted by Gasteiger charge is 2.46. The normalized spacial score (nSPS) is 14.1. The third-order valence-corrected chi connectivity index (χ3v) is 24.5. The molecule has 578 valence electrons. The molecule has 2 aliphatic rings. The van der Waals surface area contributed by atoms with Crippen molar-refractivity contribution in [2.45, 2.75) is 26.2 Å². The van der Waals surface area contributed by atoms with Crippen LogP contribution >= 0.6 is 0 Å². The first-order chi connectivity index (χ1) is 67.3. The first kappa shape index (κ1) is 57.5. The number of fused-ring (bicyclic) bond motifs is 10. The van der Waals surface area contributed by atoms with E-state index < -0.39 is 109 Å². The summed E-state index contributed by atoms with van der Waals surface area (Å²) in [6.07, 6.45) is 0. The molecule has 19 aromatic carbocycles. The van der Waals surface area contributed by atoms with E-state index in [1.807, 2.05) is 164 Å². The van der Waals surface area contributed by atoms with Crippen molar-refractivity contribution < 1.29 is 21.9 Å². The van der Waals surface area contributed by atoms with Crippen LogP contribution in [0.3, 0.4) is 0 Å². The molecule has 21 aromatic rings. The number of rotatable bonds is 14. The minimum absolute atomic E-state index is 0.0746. The van der Waals surface area contributed by atoms with Gasteiger partial charge in [-0.3, -0.25) is 0 Å². The van der Waals surface area contributed by atoms with E-state index in [-0.39, 0.29) is 55.0 Å². The summed E-state index contributed by atoms with van der Waals surface area (Å²) in [5, 5.41) is -0.376. The molecular weight excluding hydrogens is 1480 g/mol. The van der Waals surface area contributed by atoms with Crippen molar-refractivity contribution >= 4 is 101 Å². The number of nitrogens with zero attached hydrogens (tertiary/aromatic N) is 4. The van der Waals surface area contributed by atoms with Gasteiger partial charge in [0.15, 0.2) is 0 Å². The molecule has 0 N–H and O–H groups in total. The van der Waals surface area contributed by atoms with Gasteiger partial charge < -0.3 is 18.9 Å². The minimum atomic E-state index is -0.879. The van der Waals surface area contributed by atoms with Gasteiger partial charge in [0.25, 0.3) is 6.71 Å². The zero-order chi connectivity index (χ0) is 95.7. The summed E-state index contributed by atoms with van der Waals surface area (Å²) in [6, 6.07) is 113. The zero-order valence-corrected chi connectivity index (χ0v) is 67.4. The standard InChI is InChI=1S/C118H83BN4/c1-118(2,3)94-74-103(87-59-55-83(56-60-87)78-33-11-4-12-34-78)117(104(75-94)88-61-57-84(58-62-88)79-35-13-5-14-36-79)123-112-77-96(121-109-53-31-27-49-99(109)100-50-28-32-54-110(100)121)64-66-106(112)119-105-65-63-95(120-107-51-29-25-47-97(107)98-48-26-30-52-108(98)120)76-111(105)122(116-101(85-43-21-9-22-44-85)70-92(82-41-19-8-20-42-82)71-102(116)86-45-23-10-24-46-86)113-72-93(73-114(123)115(113)119)91-68-89(80-37-15-6-16-38-80)67-90(69-91)81-39-17-7-18-40-81/h4-77H,1-3H3/i25D,26D,27D,28D,29D,30D,31D,32D,47D,48D,49D,50D,51D,52D,53D,54D. The number of hydrogen-bond donors (Lipinski definition) is 0. The maximum Gasteiger partial charge on any atom is 0.252 e. The monoisotopic (exact) mass is 1580 g/mol. The van der Waals surface area contributed by atoms with Crippen molar-refractivity contribution in [3.05, 3.63) is 454 Å². The van der Waals surface area contributed by atoms with Crippen LogP contribution in [0.1, 0.15) is 48.3 Å². The quantitative estimate of drug-likeness (QED) is 0.101. The molecule has 0 amide bonds. The number of para-hydroxylation sites is 4. The lowest BCUT2D eigenvalue weighted by Crippen LogP contribution is -2.61. The van der Waals surface area contributed by atoms with Gasteiger partial charge >= 0.3 is 0 Å². The van der Waals surface area contributed by atoms with Gasteiger partial charge in [-0.05, 0) is 219 Å². The Bertz CT molecular complexity index is 8320. The SMILES string of the molecule is [2H]c1c([2H])c([2H])c2c(c1[2H])c1c([2H])c([2H])c([2H])c([2H])c1n2-c1ccc2c(c1)N(c1c(-c3ccccc3)cc(-c3ccccc3)cc1-c1ccccc1)c1cc(-c3cc(-c4ccccc4)cc(-c4ccccc4)c3)cc3c1B2c1ccc(-n2c4c([2H])c([2H])c([2H])c([2H])c4c4c([2H])c([2H])c([2H])c([2H])c42)cc1N3c1c(-c2ccc(-c3ccccc3)cc2)cc(C(C)(C)C)cc1-c1ccc(-c2ccccc2)cc1. The van der Waals surface area contributed by atoms with E-state index in [2.05, 4.69) is 219 Å². The Morgan fingerprint density at radius 1 is 0.228 bits per heavy atom. The number of aromatic nitrogens is 2. The first-order valence-electron chi connectivity index (χ1n) is 49.5. The molecule has 0 saturated heterocycles. The highest BCUT2D eigenvalue weighted by atomic mass is 15.2. The highest BCUT2D eigenvalue weighted by molar-refractivity contribution is 7.00. The molecule has 0 radical (unpaired) electrons. The van der Waals surface area contributed by atoms with Crippen molar-refractivity contribution in [3.63, 3.8) is 0 Å². The van der Waals surface area contributed by atoms with Gasteiger partial charge in [0, 0.05) is 77.9 Å². The van der Waals surface area contributed by atoms with E-state index in [1.165, 1.54) is 0 Å². The summed E-state index contributed by atoms with van der Waals surface area (Å²) in [5.41, 5.74) is 24.5. The van der Waals surface area contributed by atoms with Gasteiger partial charge in [-0.25, -0.2) is 0 Å². The summed E-state index contributed by atoms with van der Waals surface area (Å²) < 4.78 is 158. The van der Waals surface area contributed by atoms with E-state index in [0.717, 1.165) is 122 Å². The molecule has 2 aliphatic heterocycles. The van der Waals surface area contributed by atoms with E-state index in [1.54, 1.807) is 9.13 Å². The predicted molar refractivity (Wildman–Crippen MR) is 522 cm³/mol. The van der Waals surface area contributed by atoms with Crippen molar-refractivity contribution in [1.29, 1.82) is 0 Å². The molecule has 2 aromatic heterocycles. The van der Waals surface area contributed by atoms with Gasteiger partial charge in [-0.15, -0.1) is 0 Å². The van der Waals surface area contributed by atoms with Crippen LogP contribution in [0.15, 0.2) is 449 Å². The Balaban J connectivity index is 0.953. The second kappa shape index (κ2) is 29.8. The van der Waals surface area contributed by atoms with Gasteiger partial charge in [0.05, 0.1) is 55.4 Å². The molecule has 23 rings (SSSR count). The van der Waals surface area contributed by atoms with Gasteiger partial charge in [0.2, 0.25) is 0 Å². The number of anilines is 6. The lowest BCUT2D eigenvalue weighted by molar-refractivity contribution is 0.591. The molecule has 123 heavy (non-hydrogen) atoms. The molecule has 0 bridgehead atoms. The molecule has 0 spiro atoms. The molecule has 4 heterocycles. The summed E-state index contributed by atoms with van der Waals surface area (Å²) in [7, 11) is 0. The molecular formula is C118H83BN4. The van der Waals surface area contributed by atoms with Gasteiger partial charge in [0.1, 0.15) is 0 Å². The van der Waals surface area contributed by atoms with Crippen LogP contribution in [0, 0.1) is 0 Å². The fourth-order valence-electron chi connectivity index (χ4n) is 18.7. The van der Waals surface area contributed by atoms with Crippen LogP contribution in [0.5, 0.6) is 0 Å². The van der Waals surface area contributed by atoms with Crippen LogP contribution in [-0.2, 0) is 5.41 Å². The smallest absolute Gasteiger partial charge is 0.252 e. The Labute approximate surface area is 740 Å². The van der Waals surface area contributed by atoms with Crippen LogP contribution in [0.4, 0.5) is 34.1 Å². The summed E-state index contributed by atoms with van der Waals surface area (Å²) in [4.78, 5) is 4.72. The summed E-state index contributed by atoms with van der Waals surface area (Å²) >= 11 is 0. The third kappa shape index (κ3) is 12.5.